The van der Waals surface area contributed by atoms with Crippen molar-refractivity contribution in [2.45, 2.75) is 18.4 Å². The highest BCUT2D eigenvalue weighted by molar-refractivity contribution is 6.11. The van der Waals surface area contributed by atoms with Gasteiger partial charge in [0.1, 0.15) is 0 Å². The van der Waals surface area contributed by atoms with E-state index in [1.807, 2.05) is 31.4 Å². The number of nitrogens with one attached hydrogen (secondary N) is 2. The SMILES string of the molecule is CN1C=C2C(=O)NC(=O)[C@H]3c4[nH]c5ccccc5c4[C@@H]1C[C@@H]23. The second kappa shape index (κ2) is 3.80. The molecular weight excluding hydrogens is 278 g/mol. The molecule has 2 aliphatic heterocycles. The number of nitrogens with zero attached hydrogens (tertiary/aromatic N) is 1. The van der Waals surface area contributed by atoms with Crippen molar-refractivity contribution in [1.29, 1.82) is 0 Å². The Morgan fingerprint density at radius 2 is 2.05 bits per heavy atom. The Bertz CT molecular complexity index is 879. The molecule has 5 rings (SSSR count). The Balaban J connectivity index is 1.84. The number of H-pyrrole nitrogens is 1. The third-order valence-corrected chi connectivity index (χ3v) is 5.32. The fourth-order valence-electron chi connectivity index (χ4n) is 4.37. The van der Waals surface area contributed by atoms with Gasteiger partial charge >= 0.3 is 0 Å². The van der Waals surface area contributed by atoms with Crippen LogP contribution in [0, 0.1) is 5.92 Å². The number of fused-ring (bicyclic) bond motifs is 6. The number of hydrogen-bond donors (Lipinski definition) is 2. The van der Waals surface area contributed by atoms with Gasteiger partial charge in [0.2, 0.25) is 5.91 Å². The molecule has 1 aromatic heterocycles. The highest BCUT2D eigenvalue weighted by atomic mass is 16.2. The Kier molecular flexibility index (Phi) is 2.08. The van der Waals surface area contributed by atoms with Crippen LogP contribution in [0.5, 0.6) is 0 Å². The fourth-order valence-corrected chi connectivity index (χ4v) is 4.37. The van der Waals surface area contributed by atoms with Crippen LogP contribution in [0.2, 0.25) is 0 Å². The molecule has 0 saturated carbocycles. The van der Waals surface area contributed by atoms with Crippen molar-refractivity contribution in [2.24, 2.45) is 5.92 Å². The fraction of sp³-hybridized carbons (Fsp3) is 0.294. The molecule has 1 aliphatic carbocycles. The Hall–Kier alpha value is -2.56. The molecule has 0 spiro atoms. The van der Waals surface area contributed by atoms with E-state index >= 15 is 0 Å². The summed E-state index contributed by atoms with van der Waals surface area (Å²) in [6.07, 6.45) is 2.74. The average molecular weight is 293 g/mol. The predicted octanol–water partition coefficient (Wildman–Crippen LogP) is 1.80. The van der Waals surface area contributed by atoms with Gasteiger partial charge in [-0.1, -0.05) is 18.2 Å². The molecule has 2 amide bonds. The maximum atomic E-state index is 12.4. The van der Waals surface area contributed by atoms with Crippen LogP contribution in [0.25, 0.3) is 10.9 Å². The third-order valence-electron chi connectivity index (χ3n) is 5.32. The van der Waals surface area contributed by atoms with E-state index in [9.17, 15) is 9.59 Å². The first-order valence-electron chi connectivity index (χ1n) is 7.54. The zero-order valence-corrected chi connectivity index (χ0v) is 12.1. The van der Waals surface area contributed by atoms with E-state index in [-0.39, 0.29) is 29.7 Å². The van der Waals surface area contributed by atoms with Crippen LogP contribution in [-0.2, 0) is 9.59 Å². The van der Waals surface area contributed by atoms with Crippen molar-refractivity contribution in [3.8, 4) is 0 Å². The van der Waals surface area contributed by atoms with Gasteiger partial charge in [0.15, 0.2) is 0 Å². The number of piperidine rings is 1. The number of benzene rings is 1. The van der Waals surface area contributed by atoms with Gasteiger partial charge in [0.05, 0.1) is 12.0 Å². The predicted molar refractivity (Wildman–Crippen MR) is 80.9 cm³/mol. The molecule has 1 fully saturated rings. The van der Waals surface area contributed by atoms with Crippen LogP contribution in [0.1, 0.15) is 29.6 Å². The Morgan fingerprint density at radius 1 is 1.23 bits per heavy atom. The molecule has 1 aromatic carbocycles. The van der Waals surface area contributed by atoms with Gasteiger partial charge in [-0.05, 0) is 12.5 Å². The minimum Gasteiger partial charge on any atom is -0.373 e. The molecule has 3 atom stereocenters. The van der Waals surface area contributed by atoms with Crippen LogP contribution in [-0.4, -0.2) is 28.7 Å². The zero-order valence-electron chi connectivity index (χ0n) is 12.1. The number of para-hydroxylation sites is 1. The van der Waals surface area contributed by atoms with Gasteiger partial charge in [0.25, 0.3) is 5.91 Å². The lowest BCUT2D eigenvalue weighted by Gasteiger charge is -2.46. The van der Waals surface area contributed by atoms with E-state index < -0.39 is 0 Å². The van der Waals surface area contributed by atoms with Crippen LogP contribution in [0.15, 0.2) is 36.0 Å². The molecule has 2 N–H and O–H groups in total. The largest absolute Gasteiger partial charge is 0.373 e. The number of hydrogen-bond acceptors (Lipinski definition) is 3. The zero-order chi connectivity index (χ0) is 15.0. The molecule has 22 heavy (non-hydrogen) atoms. The summed E-state index contributed by atoms with van der Waals surface area (Å²) in [5.41, 5.74) is 3.97. The summed E-state index contributed by atoms with van der Waals surface area (Å²) in [4.78, 5) is 30.1. The number of amides is 2. The average Bonchev–Trinajstić information content (AvgIpc) is 2.88. The third kappa shape index (κ3) is 1.29. The first-order valence-corrected chi connectivity index (χ1v) is 7.54. The number of carbonyl (C=O) groups is 2. The van der Waals surface area contributed by atoms with Crippen molar-refractivity contribution in [3.05, 3.63) is 47.3 Å². The topological polar surface area (TPSA) is 65.2 Å². The van der Waals surface area contributed by atoms with E-state index in [1.54, 1.807) is 0 Å². The van der Waals surface area contributed by atoms with Crippen molar-refractivity contribution in [3.63, 3.8) is 0 Å². The summed E-state index contributed by atoms with van der Waals surface area (Å²) in [6, 6.07) is 8.38. The summed E-state index contributed by atoms with van der Waals surface area (Å²) in [5, 5.41) is 3.69. The molecule has 5 heteroatoms. The van der Waals surface area contributed by atoms with E-state index in [0.29, 0.717) is 0 Å². The molecule has 0 radical (unpaired) electrons. The van der Waals surface area contributed by atoms with Gasteiger partial charge in [-0.25, -0.2) is 0 Å². The second-order valence-electron chi connectivity index (χ2n) is 6.40. The number of imide groups is 1. The highest BCUT2D eigenvalue weighted by Gasteiger charge is 2.50. The summed E-state index contributed by atoms with van der Waals surface area (Å²) in [6.45, 7) is 0. The lowest BCUT2D eigenvalue weighted by atomic mass is 9.68. The van der Waals surface area contributed by atoms with Gasteiger partial charge in [0, 0.05) is 46.9 Å². The minimum atomic E-state index is -0.281. The molecule has 1 saturated heterocycles. The number of carbonyl (C=O) groups excluding carboxylic acids is 2. The van der Waals surface area contributed by atoms with Crippen molar-refractivity contribution < 1.29 is 9.59 Å². The second-order valence-corrected chi connectivity index (χ2v) is 6.40. The van der Waals surface area contributed by atoms with E-state index in [4.69, 9.17) is 0 Å². The summed E-state index contributed by atoms with van der Waals surface area (Å²) >= 11 is 0. The van der Waals surface area contributed by atoms with Crippen molar-refractivity contribution in [2.75, 3.05) is 7.05 Å². The highest BCUT2D eigenvalue weighted by Crippen LogP contribution is 2.52. The molecule has 3 aliphatic rings. The van der Waals surface area contributed by atoms with Gasteiger partial charge in [-0.2, -0.15) is 0 Å². The molecule has 3 heterocycles. The monoisotopic (exact) mass is 293 g/mol. The summed E-state index contributed by atoms with van der Waals surface area (Å²) in [7, 11) is 2.00. The van der Waals surface area contributed by atoms with Crippen molar-refractivity contribution in [1.82, 2.24) is 15.2 Å². The van der Waals surface area contributed by atoms with Gasteiger partial charge < -0.3 is 9.88 Å². The number of rotatable bonds is 0. The van der Waals surface area contributed by atoms with Crippen LogP contribution >= 0.6 is 0 Å². The van der Waals surface area contributed by atoms with E-state index in [0.717, 1.165) is 23.2 Å². The number of aromatic nitrogens is 1. The molecule has 2 bridgehead atoms. The molecule has 0 unspecified atom stereocenters. The molecule has 110 valence electrons. The van der Waals surface area contributed by atoms with Crippen molar-refractivity contribution >= 4 is 22.7 Å². The standard InChI is InChI=1S/C17H15N3O2/c1-20-7-10-9-6-12(20)13-8-4-2-3-5-11(8)18-15(13)14(9)17(22)19-16(10)21/h2-5,7,9,12,14,18H,6H2,1H3,(H,19,21,22)/t9-,12-,14+/m0/s1. The maximum absolute atomic E-state index is 12.4. The smallest absolute Gasteiger partial charge is 0.255 e. The first-order chi connectivity index (χ1) is 10.6. The van der Waals surface area contributed by atoms with Crippen LogP contribution < -0.4 is 5.32 Å². The van der Waals surface area contributed by atoms with Gasteiger partial charge in [-0.3, -0.25) is 14.9 Å². The van der Waals surface area contributed by atoms with Gasteiger partial charge in [-0.15, -0.1) is 0 Å². The Morgan fingerprint density at radius 3 is 2.91 bits per heavy atom. The maximum Gasteiger partial charge on any atom is 0.255 e. The quantitative estimate of drug-likeness (QED) is 0.728. The lowest BCUT2D eigenvalue weighted by molar-refractivity contribution is -0.134. The van der Waals surface area contributed by atoms with Crippen LogP contribution in [0.4, 0.5) is 0 Å². The van der Waals surface area contributed by atoms with E-state index in [2.05, 4.69) is 21.3 Å². The summed E-state index contributed by atoms with van der Waals surface area (Å²) in [5.74, 6) is -0.710. The van der Waals surface area contributed by atoms with Crippen LogP contribution in [0.3, 0.4) is 0 Å². The number of aromatic amines is 1. The molecular formula is C17H15N3O2. The Labute approximate surface area is 127 Å². The van der Waals surface area contributed by atoms with E-state index in [1.165, 1.54) is 10.9 Å². The first kappa shape index (κ1) is 12.0. The normalized spacial score (nSPS) is 29.2. The molecule has 2 aromatic rings. The molecule has 5 nitrogen and oxygen atoms in total. The summed E-state index contributed by atoms with van der Waals surface area (Å²) < 4.78 is 0. The minimum absolute atomic E-state index is 0.0111. The lowest BCUT2D eigenvalue weighted by Crippen LogP contribution is -2.51.